The lowest BCUT2D eigenvalue weighted by Crippen LogP contribution is -2.02. The molecule has 2 aromatic carbocycles. The summed E-state index contributed by atoms with van der Waals surface area (Å²) in [5.74, 6) is -2.43. The van der Waals surface area contributed by atoms with Gasteiger partial charge in [0.05, 0.1) is 10.6 Å². The summed E-state index contributed by atoms with van der Waals surface area (Å²) in [7, 11) is 0. The third-order valence-electron chi connectivity index (χ3n) is 3.74. The van der Waals surface area contributed by atoms with Gasteiger partial charge in [0.15, 0.2) is 0 Å². The molecule has 0 saturated heterocycles. The number of carboxylic acids is 2. The molecule has 3 N–H and O–H groups in total. The summed E-state index contributed by atoms with van der Waals surface area (Å²) >= 11 is 15.5. The van der Waals surface area contributed by atoms with Crippen LogP contribution in [0.1, 0.15) is 21.6 Å². The second kappa shape index (κ2) is 7.15. The van der Waals surface area contributed by atoms with Gasteiger partial charge in [0, 0.05) is 26.0 Å². The lowest BCUT2D eigenvalue weighted by molar-refractivity contribution is -0.130. The van der Waals surface area contributed by atoms with E-state index in [0.29, 0.717) is 21.5 Å². The van der Waals surface area contributed by atoms with Crippen molar-refractivity contribution in [3.8, 4) is 0 Å². The van der Waals surface area contributed by atoms with E-state index in [0.717, 1.165) is 4.47 Å². The Balaban J connectivity index is 2.32. The van der Waals surface area contributed by atoms with Crippen LogP contribution < -0.4 is 0 Å². The van der Waals surface area contributed by atoms with Crippen molar-refractivity contribution in [1.82, 2.24) is 4.98 Å². The Morgan fingerprint density at radius 2 is 1.73 bits per heavy atom. The molecular formula is C18H10BrCl2NO4. The van der Waals surface area contributed by atoms with Crippen molar-refractivity contribution in [2.45, 2.75) is 0 Å². The van der Waals surface area contributed by atoms with Crippen molar-refractivity contribution >= 4 is 73.6 Å². The first kappa shape index (κ1) is 18.5. The fourth-order valence-corrected chi connectivity index (χ4v) is 3.49. The number of halogens is 3. The van der Waals surface area contributed by atoms with Crippen molar-refractivity contribution in [2.24, 2.45) is 0 Å². The van der Waals surface area contributed by atoms with E-state index < -0.39 is 11.9 Å². The molecule has 0 spiro atoms. The molecule has 26 heavy (non-hydrogen) atoms. The van der Waals surface area contributed by atoms with Crippen molar-refractivity contribution in [2.75, 3.05) is 0 Å². The molecule has 0 atom stereocenters. The van der Waals surface area contributed by atoms with E-state index >= 15 is 0 Å². The Hall–Kier alpha value is -2.28. The number of hydrogen-bond acceptors (Lipinski definition) is 2. The average Bonchev–Trinajstić information content (AvgIpc) is 2.92. The third kappa shape index (κ3) is 3.49. The zero-order valence-corrected chi connectivity index (χ0v) is 16.0. The van der Waals surface area contributed by atoms with E-state index in [1.807, 2.05) is 0 Å². The maximum absolute atomic E-state index is 11.8. The van der Waals surface area contributed by atoms with Gasteiger partial charge in [-0.2, -0.15) is 0 Å². The molecule has 0 aliphatic heterocycles. The highest BCUT2D eigenvalue weighted by Gasteiger charge is 2.21. The summed E-state index contributed by atoms with van der Waals surface area (Å²) in [5.41, 5.74) is 0.782. The van der Waals surface area contributed by atoms with E-state index in [-0.39, 0.29) is 21.9 Å². The zero-order valence-electron chi connectivity index (χ0n) is 12.9. The quantitative estimate of drug-likeness (QED) is 0.450. The molecule has 1 heterocycles. The Bertz CT molecular complexity index is 1070. The van der Waals surface area contributed by atoms with Gasteiger partial charge in [0.2, 0.25) is 0 Å². The van der Waals surface area contributed by atoms with Gasteiger partial charge in [-0.25, -0.2) is 9.59 Å². The predicted molar refractivity (Wildman–Crippen MR) is 105 cm³/mol. The van der Waals surface area contributed by atoms with Crippen LogP contribution in [0.2, 0.25) is 10.0 Å². The Morgan fingerprint density at radius 3 is 2.31 bits per heavy atom. The number of nitrogens with one attached hydrogen (secondary N) is 1. The molecule has 0 aliphatic rings. The number of aromatic nitrogens is 1. The molecule has 0 amide bonds. The summed E-state index contributed by atoms with van der Waals surface area (Å²) in [4.78, 5) is 26.1. The molecule has 0 bridgehead atoms. The lowest BCUT2D eigenvalue weighted by Gasteiger charge is -2.05. The van der Waals surface area contributed by atoms with Gasteiger partial charge in [0.25, 0.3) is 0 Å². The number of aromatic amines is 1. The summed E-state index contributed by atoms with van der Waals surface area (Å²) < 4.78 is 0.794. The molecular weight excluding hydrogens is 445 g/mol. The number of carbonyl (C=O) groups is 2. The first-order valence-electron chi connectivity index (χ1n) is 7.23. The Kier molecular flexibility index (Phi) is 5.09. The van der Waals surface area contributed by atoms with E-state index in [1.54, 1.807) is 24.3 Å². The van der Waals surface area contributed by atoms with Gasteiger partial charge in [-0.1, -0.05) is 51.3 Å². The average molecular weight is 455 g/mol. The highest BCUT2D eigenvalue weighted by atomic mass is 79.9. The van der Waals surface area contributed by atoms with Crippen molar-refractivity contribution < 1.29 is 19.8 Å². The lowest BCUT2D eigenvalue weighted by atomic mass is 10.0. The minimum absolute atomic E-state index is 0.0630. The van der Waals surface area contributed by atoms with E-state index in [9.17, 15) is 19.8 Å². The third-order valence-corrected chi connectivity index (χ3v) is 4.79. The smallest absolute Gasteiger partial charge is 0.352 e. The van der Waals surface area contributed by atoms with Crippen LogP contribution in [0.5, 0.6) is 0 Å². The van der Waals surface area contributed by atoms with Crippen molar-refractivity contribution in [3.05, 3.63) is 67.7 Å². The number of carboxylic acid groups (broad SMARTS) is 2. The molecule has 5 nitrogen and oxygen atoms in total. The summed E-state index contributed by atoms with van der Waals surface area (Å²) in [6, 6.07) is 9.66. The molecule has 3 aromatic rings. The van der Waals surface area contributed by atoms with Gasteiger partial charge < -0.3 is 15.2 Å². The van der Waals surface area contributed by atoms with E-state index in [4.69, 9.17) is 23.2 Å². The molecule has 1 aromatic heterocycles. The number of aliphatic carboxylic acids is 1. The largest absolute Gasteiger partial charge is 0.478 e. The van der Waals surface area contributed by atoms with Gasteiger partial charge >= 0.3 is 11.9 Å². The number of fused-ring (bicyclic) bond motifs is 1. The Morgan fingerprint density at radius 1 is 1.08 bits per heavy atom. The fraction of sp³-hybridized carbons (Fsp3) is 0. The van der Waals surface area contributed by atoms with Crippen LogP contribution in [0.15, 0.2) is 40.9 Å². The SMILES string of the molecule is O=C(O)/C(=C/c1c(C(=O)O)[nH]c2cc(Cl)cc(Cl)c12)c1ccc(Br)cc1. The minimum Gasteiger partial charge on any atom is -0.478 e. The number of rotatable bonds is 4. The summed E-state index contributed by atoms with van der Waals surface area (Å²) in [5, 5.41) is 20.1. The molecule has 132 valence electrons. The molecule has 3 rings (SSSR count). The van der Waals surface area contributed by atoms with Crippen molar-refractivity contribution in [1.29, 1.82) is 0 Å². The normalized spacial score (nSPS) is 11.7. The minimum atomic E-state index is -1.24. The highest BCUT2D eigenvalue weighted by molar-refractivity contribution is 9.10. The van der Waals surface area contributed by atoms with Gasteiger partial charge in [-0.05, 0) is 35.9 Å². The maximum Gasteiger partial charge on any atom is 0.352 e. The van der Waals surface area contributed by atoms with Crippen LogP contribution in [0.3, 0.4) is 0 Å². The molecule has 0 fully saturated rings. The molecule has 0 radical (unpaired) electrons. The summed E-state index contributed by atoms with van der Waals surface area (Å²) in [6.45, 7) is 0. The van der Waals surface area contributed by atoms with Crippen molar-refractivity contribution in [3.63, 3.8) is 0 Å². The summed E-state index contributed by atoms with van der Waals surface area (Å²) in [6.07, 6.45) is 1.30. The topological polar surface area (TPSA) is 90.4 Å². The number of hydrogen-bond donors (Lipinski definition) is 3. The van der Waals surface area contributed by atoms with Crippen LogP contribution in [-0.4, -0.2) is 27.1 Å². The first-order valence-corrected chi connectivity index (χ1v) is 8.77. The highest BCUT2D eigenvalue weighted by Crippen LogP contribution is 2.35. The first-order chi connectivity index (χ1) is 12.3. The monoisotopic (exact) mass is 453 g/mol. The standard InChI is InChI=1S/C18H10BrCl2NO4/c19-9-3-1-8(2-4-9)11(17(23)24)7-12-15-13(21)5-10(20)6-14(15)22-16(12)18(25)26/h1-7,22H,(H,23,24)(H,25,26)/b11-7+. The van der Waals surface area contributed by atoms with E-state index in [2.05, 4.69) is 20.9 Å². The zero-order chi connectivity index (χ0) is 19.0. The van der Waals surface area contributed by atoms with Crippen LogP contribution in [0.4, 0.5) is 0 Å². The van der Waals surface area contributed by atoms with Crippen LogP contribution in [0.25, 0.3) is 22.6 Å². The van der Waals surface area contributed by atoms with E-state index in [1.165, 1.54) is 18.2 Å². The molecule has 0 saturated carbocycles. The maximum atomic E-state index is 11.8. The Labute approximate surface area is 166 Å². The van der Waals surface area contributed by atoms with Gasteiger partial charge in [0.1, 0.15) is 5.69 Å². The molecule has 8 heteroatoms. The number of benzene rings is 2. The number of H-pyrrole nitrogens is 1. The van der Waals surface area contributed by atoms with Crippen LogP contribution >= 0.6 is 39.1 Å². The van der Waals surface area contributed by atoms with Crippen LogP contribution in [-0.2, 0) is 4.79 Å². The second-order valence-electron chi connectivity index (χ2n) is 5.40. The molecule has 0 aliphatic carbocycles. The van der Waals surface area contributed by atoms with Gasteiger partial charge in [-0.3, -0.25) is 0 Å². The predicted octanol–water partition coefficient (Wildman–Crippen LogP) is 5.56. The number of aromatic carboxylic acids is 1. The fourth-order valence-electron chi connectivity index (χ4n) is 2.63. The van der Waals surface area contributed by atoms with Crippen LogP contribution in [0, 0.1) is 0 Å². The second-order valence-corrected chi connectivity index (χ2v) is 7.16. The van der Waals surface area contributed by atoms with Gasteiger partial charge in [-0.15, -0.1) is 0 Å². The molecule has 0 unspecified atom stereocenters.